The van der Waals surface area contributed by atoms with Crippen LogP contribution in [0.3, 0.4) is 0 Å². The molecule has 0 amide bonds. The number of halogens is 2. The molecular formula is C13H17Cl2NO. The molecule has 1 fully saturated rings. The first-order chi connectivity index (χ1) is 8.11. The Balaban J connectivity index is 2.23. The molecule has 1 heterocycles. The molecule has 4 heteroatoms. The van der Waals surface area contributed by atoms with Crippen molar-refractivity contribution in [3.8, 4) is 0 Å². The molecule has 0 bridgehead atoms. The third-order valence-electron chi connectivity index (χ3n) is 3.25. The highest BCUT2D eigenvalue weighted by atomic mass is 35.5. The monoisotopic (exact) mass is 273 g/mol. The fourth-order valence-corrected chi connectivity index (χ4v) is 2.90. The molecular weight excluding hydrogens is 257 g/mol. The van der Waals surface area contributed by atoms with E-state index in [1.54, 1.807) is 6.07 Å². The summed E-state index contributed by atoms with van der Waals surface area (Å²) in [7, 11) is 1.93. The van der Waals surface area contributed by atoms with Crippen molar-refractivity contribution in [1.82, 2.24) is 5.32 Å². The normalized spacial score (nSPS) is 26.1. The first-order valence-corrected chi connectivity index (χ1v) is 6.65. The number of hydrogen-bond acceptors (Lipinski definition) is 2. The average Bonchev–Trinajstić information content (AvgIpc) is 2.69. The molecule has 1 aliphatic heterocycles. The third-order valence-corrected chi connectivity index (χ3v) is 3.81. The first-order valence-electron chi connectivity index (χ1n) is 5.89. The van der Waals surface area contributed by atoms with Crippen LogP contribution in [0.2, 0.25) is 10.0 Å². The molecule has 0 radical (unpaired) electrons. The van der Waals surface area contributed by atoms with Crippen LogP contribution in [0.1, 0.15) is 31.4 Å². The van der Waals surface area contributed by atoms with Gasteiger partial charge in [-0.25, -0.2) is 0 Å². The van der Waals surface area contributed by atoms with Crippen molar-refractivity contribution < 1.29 is 4.74 Å². The molecule has 0 saturated carbocycles. The Kier molecular flexibility index (Phi) is 4.31. The number of nitrogens with one attached hydrogen (secondary N) is 1. The van der Waals surface area contributed by atoms with Crippen LogP contribution in [0.4, 0.5) is 0 Å². The molecule has 1 aliphatic rings. The van der Waals surface area contributed by atoms with Crippen molar-refractivity contribution in [3.63, 3.8) is 0 Å². The van der Waals surface area contributed by atoms with Gasteiger partial charge in [0.05, 0.1) is 18.2 Å². The van der Waals surface area contributed by atoms with Crippen LogP contribution in [0.25, 0.3) is 0 Å². The summed E-state index contributed by atoms with van der Waals surface area (Å²) < 4.78 is 5.90. The highest BCUT2D eigenvalue weighted by Gasteiger charge is 2.30. The molecule has 17 heavy (non-hydrogen) atoms. The fraction of sp³-hybridized carbons (Fsp3) is 0.538. The Morgan fingerprint density at radius 2 is 2.12 bits per heavy atom. The molecule has 0 aromatic heterocycles. The van der Waals surface area contributed by atoms with Gasteiger partial charge in [-0.05, 0) is 44.5 Å². The molecule has 0 aliphatic carbocycles. The Bertz CT molecular complexity index is 397. The van der Waals surface area contributed by atoms with Gasteiger partial charge >= 0.3 is 0 Å². The SMILES string of the molecule is CNC(c1ccc(Cl)cc1Cl)C1CCC(C)O1. The van der Waals surface area contributed by atoms with Crippen LogP contribution in [0.5, 0.6) is 0 Å². The van der Waals surface area contributed by atoms with Crippen LogP contribution in [-0.2, 0) is 4.74 Å². The second-order valence-electron chi connectivity index (χ2n) is 4.49. The average molecular weight is 274 g/mol. The van der Waals surface area contributed by atoms with Gasteiger partial charge in [-0.1, -0.05) is 29.3 Å². The van der Waals surface area contributed by atoms with Gasteiger partial charge in [0.1, 0.15) is 0 Å². The van der Waals surface area contributed by atoms with Gasteiger partial charge in [0.25, 0.3) is 0 Å². The molecule has 0 spiro atoms. The summed E-state index contributed by atoms with van der Waals surface area (Å²) in [6.07, 6.45) is 2.69. The lowest BCUT2D eigenvalue weighted by Crippen LogP contribution is -2.29. The van der Waals surface area contributed by atoms with Gasteiger partial charge in [-0.2, -0.15) is 0 Å². The summed E-state index contributed by atoms with van der Waals surface area (Å²) in [5.41, 5.74) is 1.05. The number of ether oxygens (including phenoxy) is 1. The van der Waals surface area contributed by atoms with Crippen LogP contribution in [-0.4, -0.2) is 19.3 Å². The third kappa shape index (κ3) is 2.94. The maximum atomic E-state index is 6.24. The van der Waals surface area contributed by atoms with E-state index in [-0.39, 0.29) is 12.1 Å². The predicted octanol–water partition coefficient (Wildman–Crippen LogP) is 3.82. The van der Waals surface area contributed by atoms with Crippen LogP contribution in [0.15, 0.2) is 18.2 Å². The molecule has 94 valence electrons. The van der Waals surface area contributed by atoms with Crippen molar-refractivity contribution in [1.29, 1.82) is 0 Å². The summed E-state index contributed by atoms with van der Waals surface area (Å²) in [5.74, 6) is 0. The Morgan fingerprint density at radius 1 is 1.35 bits per heavy atom. The first kappa shape index (κ1) is 13.2. The lowest BCUT2D eigenvalue weighted by Gasteiger charge is -2.24. The number of likely N-dealkylation sites (N-methyl/N-ethyl adjacent to an activating group) is 1. The smallest absolute Gasteiger partial charge is 0.0774 e. The van der Waals surface area contributed by atoms with Crippen molar-refractivity contribution in [2.24, 2.45) is 0 Å². The molecule has 2 nitrogen and oxygen atoms in total. The van der Waals surface area contributed by atoms with E-state index in [2.05, 4.69) is 12.2 Å². The van der Waals surface area contributed by atoms with Crippen molar-refractivity contribution in [2.45, 2.75) is 38.0 Å². The maximum Gasteiger partial charge on any atom is 0.0774 e. The summed E-state index contributed by atoms with van der Waals surface area (Å²) in [6.45, 7) is 2.11. The molecule has 3 atom stereocenters. The maximum absolute atomic E-state index is 6.24. The van der Waals surface area contributed by atoms with E-state index in [1.807, 2.05) is 19.2 Å². The zero-order chi connectivity index (χ0) is 12.4. The van der Waals surface area contributed by atoms with Gasteiger partial charge in [-0.3, -0.25) is 0 Å². The zero-order valence-corrected chi connectivity index (χ0v) is 11.6. The number of benzene rings is 1. The van der Waals surface area contributed by atoms with E-state index in [1.165, 1.54) is 0 Å². The van der Waals surface area contributed by atoms with Crippen LogP contribution >= 0.6 is 23.2 Å². The van der Waals surface area contributed by atoms with Crippen molar-refractivity contribution in [3.05, 3.63) is 33.8 Å². The minimum Gasteiger partial charge on any atom is -0.373 e. The molecule has 1 N–H and O–H groups in total. The van der Waals surface area contributed by atoms with Gasteiger partial charge in [0, 0.05) is 10.0 Å². The topological polar surface area (TPSA) is 21.3 Å². The summed E-state index contributed by atoms with van der Waals surface area (Å²) in [5, 5.41) is 4.64. The van der Waals surface area contributed by atoms with E-state index < -0.39 is 0 Å². The lowest BCUT2D eigenvalue weighted by atomic mass is 9.99. The molecule has 1 aromatic rings. The largest absolute Gasteiger partial charge is 0.373 e. The zero-order valence-electron chi connectivity index (χ0n) is 10.0. The Morgan fingerprint density at radius 3 is 2.65 bits per heavy atom. The molecule has 1 aromatic carbocycles. The Hall–Kier alpha value is -0.280. The molecule has 2 rings (SSSR count). The van der Waals surface area contributed by atoms with E-state index in [0.29, 0.717) is 16.1 Å². The predicted molar refractivity (Wildman–Crippen MR) is 71.8 cm³/mol. The number of hydrogen-bond donors (Lipinski definition) is 1. The van der Waals surface area contributed by atoms with Crippen molar-refractivity contribution in [2.75, 3.05) is 7.05 Å². The summed E-state index contributed by atoms with van der Waals surface area (Å²) >= 11 is 12.1. The quantitative estimate of drug-likeness (QED) is 0.904. The fourth-order valence-electron chi connectivity index (χ4n) is 2.37. The lowest BCUT2D eigenvalue weighted by molar-refractivity contribution is 0.0333. The van der Waals surface area contributed by atoms with Gasteiger partial charge in [0.15, 0.2) is 0 Å². The van der Waals surface area contributed by atoms with E-state index in [4.69, 9.17) is 27.9 Å². The van der Waals surface area contributed by atoms with E-state index in [9.17, 15) is 0 Å². The van der Waals surface area contributed by atoms with E-state index >= 15 is 0 Å². The van der Waals surface area contributed by atoms with Gasteiger partial charge in [-0.15, -0.1) is 0 Å². The van der Waals surface area contributed by atoms with Crippen LogP contribution < -0.4 is 5.32 Å². The summed E-state index contributed by atoms with van der Waals surface area (Å²) in [6, 6.07) is 5.75. The number of rotatable bonds is 3. The highest BCUT2D eigenvalue weighted by molar-refractivity contribution is 6.35. The minimum atomic E-state index is 0.129. The van der Waals surface area contributed by atoms with Crippen LogP contribution in [0, 0.1) is 0 Å². The standard InChI is InChI=1S/C13H17Cl2NO/c1-8-3-6-12(17-8)13(16-2)10-5-4-9(14)7-11(10)15/h4-5,7-8,12-13,16H,3,6H2,1-2H3. The second kappa shape index (κ2) is 5.57. The van der Waals surface area contributed by atoms with Gasteiger partial charge < -0.3 is 10.1 Å². The Labute approximate surface area is 112 Å². The highest BCUT2D eigenvalue weighted by Crippen LogP contribution is 2.34. The van der Waals surface area contributed by atoms with E-state index in [0.717, 1.165) is 18.4 Å². The van der Waals surface area contributed by atoms with Crippen molar-refractivity contribution >= 4 is 23.2 Å². The molecule has 3 unspecified atom stereocenters. The van der Waals surface area contributed by atoms with Gasteiger partial charge in [0.2, 0.25) is 0 Å². The second-order valence-corrected chi connectivity index (χ2v) is 5.34. The molecule has 1 saturated heterocycles. The minimum absolute atomic E-state index is 0.129. The summed E-state index contributed by atoms with van der Waals surface area (Å²) in [4.78, 5) is 0.